The average molecular weight is 255 g/mol. The highest BCUT2D eigenvalue weighted by atomic mass is 16.5. The predicted molar refractivity (Wildman–Crippen MR) is 69.4 cm³/mol. The first kappa shape index (κ1) is 12.8. The number of hydrogen-bond acceptors (Lipinski definition) is 5. The number of benzene rings is 1. The van der Waals surface area contributed by atoms with Gasteiger partial charge in [0, 0.05) is 7.05 Å². The fraction of sp³-hybridized carbons (Fsp3) is 0.286. The number of anilines is 1. The van der Waals surface area contributed by atoms with E-state index in [-0.39, 0.29) is 11.3 Å². The maximum absolute atomic E-state index is 8.94. The van der Waals surface area contributed by atoms with Crippen LogP contribution in [0.5, 0.6) is 5.75 Å². The lowest BCUT2D eigenvalue weighted by atomic mass is 10.1. The molecule has 2 rings (SSSR count). The molecule has 19 heavy (non-hydrogen) atoms. The number of hydrogen-bond donors (Lipinski definition) is 0. The molecule has 0 amide bonds. The van der Waals surface area contributed by atoms with Crippen LogP contribution in [0.15, 0.2) is 35.6 Å². The van der Waals surface area contributed by atoms with Crippen LogP contribution < -0.4 is 9.64 Å². The van der Waals surface area contributed by atoms with Gasteiger partial charge >= 0.3 is 0 Å². The van der Waals surface area contributed by atoms with E-state index in [0.29, 0.717) is 12.3 Å². The minimum atomic E-state index is -0.459. The molecule has 0 saturated heterocycles. The molecule has 96 valence electrons. The normalized spacial score (nSPS) is 16.4. The van der Waals surface area contributed by atoms with Crippen molar-refractivity contribution in [3.05, 3.63) is 35.6 Å². The number of methoxy groups -OCH3 is 1. The van der Waals surface area contributed by atoms with E-state index in [1.54, 1.807) is 0 Å². The van der Waals surface area contributed by atoms with Crippen LogP contribution in [-0.4, -0.2) is 26.8 Å². The van der Waals surface area contributed by atoms with Crippen LogP contribution >= 0.6 is 0 Å². The number of ether oxygens (including phenoxy) is 2. The van der Waals surface area contributed by atoms with Crippen molar-refractivity contribution in [3.63, 3.8) is 0 Å². The Bertz CT molecular complexity index is 579. The van der Waals surface area contributed by atoms with E-state index in [1.807, 2.05) is 48.4 Å². The van der Waals surface area contributed by atoms with Crippen LogP contribution in [-0.2, 0) is 4.74 Å². The number of likely N-dealkylation sites (N-methyl/N-ethyl adjacent to an activating group) is 1. The van der Waals surface area contributed by atoms with Gasteiger partial charge in [-0.05, 0) is 12.1 Å². The highest BCUT2D eigenvalue weighted by Crippen LogP contribution is 2.34. The second kappa shape index (κ2) is 5.32. The maximum Gasteiger partial charge on any atom is 0.175 e. The van der Waals surface area contributed by atoms with Gasteiger partial charge in [-0.2, -0.15) is 10.5 Å². The van der Waals surface area contributed by atoms with Crippen LogP contribution in [0.25, 0.3) is 0 Å². The summed E-state index contributed by atoms with van der Waals surface area (Å²) >= 11 is 0. The molecule has 5 nitrogen and oxygen atoms in total. The number of nitrogens with zero attached hydrogens (tertiary/aromatic N) is 3. The summed E-state index contributed by atoms with van der Waals surface area (Å²) in [7, 11) is 3.37. The molecule has 0 radical (unpaired) electrons. The van der Waals surface area contributed by atoms with Gasteiger partial charge in [-0.1, -0.05) is 12.1 Å². The molecule has 1 aliphatic rings. The van der Waals surface area contributed by atoms with Crippen molar-refractivity contribution < 1.29 is 9.47 Å². The van der Waals surface area contributed by atoms with Crippen molar-refractivity contribution in [1.29, 1.82) is 10.5 Å². The summed E-state index contributed by atoms with van der Waals surface area (Å²) in [5.74, 6) is 0.984. The minimum Gasteiger partial charge on any atom is -0.495 e. The molecule has 1 atom stereocenters. The Morgan fingerprint density at radius 2 is 2.05 bits per heavy atom. The largest absolute Gasteiger partial charge is 0.495 e. The first-order valence-corrected chi connectivity index (χ1v) is 5.76. The monoisotopic (exact) mass is 255 g/mol. The molecule has 1 aromatic rings. The summed E-state index contributed by atoms with van der Waals surface area (Å²) in [5.41, 5.74) is 0.921. The molecule has 0 aromatic heterocycles. The summed E-state index contributed by atoms with van der Waals surface area (Å²) < 4.78 is 11.0. The number of para-hydroxylation sites is 2. The Morgan fingerprint density at radius 1 is 1.37 bits per heavy atom. The fourth-order valence-corrected chi connectivity index (χ4v) is 2.08. The van der Waals surface area contributed by atoms with Gasteiger partial charge in [0.05, 0.1) is 19.3 Å². The minimum absolute atomic E-state index is 0.0553. The van der Waals surface area contributed by atoms with Gasteiger partial charge in [0.15, 0.2) is 17.4 Å². The van der Waals surface area contributed by atoms with Gasteiger partial charge in [-0.25, -0.2) is 0 Å². The van der Waals surface area contributed by atoms with E-state index >= 15 is 0 Å². The van der Waals surface area contributed by atoms with E-state index in [9.17, 15) is 0 Å². The average Bonchev–Trinajstić information content (AvgIpc) is 2.44. The first-order valence-electron chi connectivity index (χ1n) is 5.76. The smallest absolute Gasteiger partial charge is 0.175 e. The Labute approximate surface area is 111 Å². The third-order valence-corrected chi connectivity index (χ3v) is 2.97. The molecule has 5 heteroatoms. The van der Waals surface area contributed by atoms with E-state index in [2.05, 4.69) is 0 Å². The number of allylic oxidation sites excluding steroid dienone is 1. The van der Waals surface area contributed by atoms with Crippen molar-refractivity contribution in [2.75, 3.05) is 25.6 Å². The number of rotatable bonds is 2. The molecule has 0 aliphatic carbocycles. The van der Waals surface area contributed by atoms with E-state index in [0.717, 1.165) is 5.69 Å². The van der Waals surface area contributed by atoms with E-state index in [4.69, 9.17) is 20.0 Å². The third-order valence-electron chi connectivity index (χ3n) is 2.97. The van der Waals surface area contributed by atoms with Gasteiger partial charge in [-0.3, -0.25) is 0 Å². The van der Waals surface area contributed by atoms with Crippen molar-refractivity contribution in [2.45, 2.75) is 6.10 Å². The summed E-state index contributed by atoms with van der Waals surface area (Å²) in [6, 6.07) is 11.3. The van der Waals surface area contributed by atoms with Crippen molar-refractivity contribution in [2.24, 2.45) is 0 Å². The number of nitriles is 2. The van der Waals surface area contributed by atoms with Crippen LogP contribution in [0.2, 0.25) is 0 Å². The third kappa shape index (κ3) is 2.31. The molecule has 1 aromatic carbocycles. The Kier molecular flexibility index (Phi) is 3.58. The second-order valence-corrected chi connectivity index (χ2v) is 4.12. The zero-order chi connectivity index (χ0) is 13.8. The Hall–Kier alpha value is -2.66. The lowest BCUT2D eigenvalue weighted by Gasteiger charge is -2.34. The van der Waals surface area contributed by atoms with Gasteiger partial charge in [0.25, 0.3) is 0 Å². The van der Waals surface area contributed by atoms with Crippen LogP contribution in [0.4, 0.5) is 5.69 Å². The molecular formula is C14H13N3O2. The van der Waals surface area contributed by atoms with Crippen LogP contribution in [0.1, 0.15) is 0 Å². The molecule has 1 unspecified atom stereocenters. The van der Waals surface area contributed by atoms with Crippen LogP contribution in [0.3, 0.4) is 0 Å². The summed E-state index contributed by atoms with van der Waals surface area (Å²) in [5, 5.41) is 17.9. The SMILES string of the molecule is COC(=C(C#N)C#N)C1CN(C)c2ccccc2O1. The second-order valence-electron chi connectivity index (χ2n) is 4.12. The van der Waals surface area contributed by atoms with E-state index < -0.39 is 6.10 Å². The van der Waals surface area contributed by atoms with Crippen molar-refractivity contribution in [1.82, 2.24) is 0 Å². The van der Waals surface area contributed by atoms with Gasteiger partial charge < -0.3 is 14.4 Å². The lowest BCUT2D eigenvalue weighted by Crippen LogP contribution is -2.39. The summed E-state index contributed by atoms with van der Waals surface area (Å²) in [6.45, 7) is 0.521. The quantitative estimate of drug-likeness (QED) is 0.595. The Morgan fingerprint density at radius 3 is 2.68 bits per heavy atom. The summed E-state index contributed by atoms with van der Waals surface area (Å²) in [4.78, 5) is 2.01. The molecule has 0 spiro atoms. The first-order chi connectivity index (χ1) is 9.21. The van der Waals surface area contributed by atoms with Crippen molar-refractivity contribution in [3.8, 4) is 17.9 Å². The van der Waals surface area contributed by atoms with Crippen LogP contribution in [0, 0.1) is 22.7 Å². The zero-order valence-electron chi connectivity index (χ0n) is 10.8. The predicted octanol–water partition coefficient (Wildman–Crippen LogP) is 1.83. The zero-order valence-corrected chi connectivity index (χ0v) is 10.8. The lowest BCUT2D eigenvalue weighted by molar-refractivity contribution is 0.143. The molecule has 0 saturated carbocycles. The topological polar surface area (TPSA) is 69.3 Å². The standard InChI is InChI=1S/C14H13N3O2/c1-17-9-13(14(18-2)10(7-15)8-16)19-12-6-4-3-5-11(12)17/h3-6,13H,9H2,1-2H3. The molecule has 1 aliphatic heterocycles. The maximum atomic E-state index is 8.94. The van der Waals surface area contributed by atoms with E-state index in [1.165, 1.54) is 7.11 Å². The van der Waals surface area contributed by atoms with Crippen molar-refractivity contribution >= 4 is 5.69 Å². The van der Waals surface area contributed by atoms with Gasteiger partial charge in [-0.15, -0.1) is 0 Å². The number of fused-ring (bicyclic) bond motifs is 1. The molecular weight excluding hydrogens is 242 g/mol. The van der Waals surface area contributed by atoms with Gasteiger partial charge in [0.2, 0.25) is 0 Å². The van der Waals surface area contributed by atoms with Gasteiger partial charge in [0.1, 0.15) is 17.9 Å². The highest BCUT2D eigenvalue weighted by molar-refractivity contribution is 5.60. The molecule has 0 N–H and O–H groups in total. The highest BCUT2D eigenvalue weighted by Gasteiger charge is 2.29. The molecule has 0 bridgehead atoms. The molecule has 0 fully saturated rings. The Balaban J connectivity index is 2.39. The molecule has 1 heterocycles. The summed E-state index contributed by atoms with van der Waals surface area (Å²) in [6.07, 6.45) is -0.459. The fourth-order valence-electron chi connectivity index (χ4n) is 2.08.